The van der Waals surface area contributed by atoms with E-state index in [1.165, 1.54) is 0 Å². The molecule has 3 aromatic rings. The Kier molecular flexibility index (Phi) is 7.02. The number of rotatable bonds is 6. The van der Waals surface area contributed by atoms with Crippen molar-refractivity contribution in [1.82, 2.24) is 15.0 Å². The first-order valence-electron chi connectivity index (χ1n) is 12.6. The van der Waals surface area contributed by atoms with Crippen LogP contribution in [0.1, 0.15) is 37.6 Å². The molecule has 1 aromatic carbocycles. The van der Waals surface area contributed by atoms with Gasteiger partial charge in [0.05, 0.1) is 62.3 Å². The minimum absolute atomic E-state index is 0.0474. The second kappa shape index (κ2) is 10.4. The smallest absolute Gasteiger partial charge is 0.229 e. The lowest BCUT2D eigenvalue weighted by molar-refractivity contribution is 0.0973. The Hall–Kier alpha value is -3.30. The van der Waals surface area contributed by atoms with Gasteiger partial charge in [0, 0.05) is 25.1 Å². The topological polar surface area (TPSA) is 89.9 Å². The van der Waals surface area contributed by atoms with Crippen molar-refractivity contribution >= 4 is 28.6 Å². The molecule has 0 radical (unpaired) electrons. The van der Waals surface area contributed by atoms with E-state index in [4.69, 9.17) is 29.2 Å². The average Bonchev–Trinajstić information content (AvgIpc) is 2.92. The number of anilines is 2. The molecule has 4 heterocycles. The normalized spacial score (nSPS) is 20.6. The fourth-order valence-corrected chi connectivity index (χ4v) is 4.83. The summed E-state index contributed by atoms with van der Waals surface area (Å²) in [6.45, 7) is 10.2. The summed E-state index contributed by atoms with van der Waals surface area (Å²) in [5.41, 5.74) is 2.84. The Morgan fingerprint density at radius 1 is 1.00 bits per heavy atom. The number of carbonyl (C=O) groups is 1. The number of hydrogen-bond acceptors (Lipinski definition) is 9. The van der Waals surface area contributed by atoms with Gasteiger partial charge in [-0.25, -0.2) is 4.98 Å². The van der Waals surface area contributed by atoms with Gasteiger partial charge in [0.1, 0.15) is 11.6 Å². The van der Waals surface area contributed by atoms with Crippen LogP contribution in [0.2, 0.25) is 0 Å². The van der Waals surface area contributed by atoms with Crippen LogP contribution in [0, 0.1) is 0 Å². The highest BCUT2D eigenvalue weighted by Crippen LogP contribution is 2.33. The maximum atomic E-state index is 12.3. The van der Waals surface area contributed by atoms with Gasteiger partial charge in [0.2, 0.25) is 5.95 Å². The van der Waals surface area contributed by atoms with Crippen molar-refractivity contribution in [1.29, 1.82) is 0 Å². The Balaban J connectivity index is 1.62. The number of fused-ring (bicyclic) bond motifs is 1. The van der Waals surface area contributed by atoms with E-state index in [1.54, 1.807) is 7.11 Å². The number of aromatic nitrogens is 3. The van der Waals surface area contributed by atoms with Gasteiger partial charge in [-0.2, -0.15) is 9.97 Å². The Morgan fingerprint density at radius 2 is 1.72 bits per heavy atom. The standard InChI is InChI=1S/C27H33N5O4/c1-5-23(33)20-7-6-19(14-24(20)34-4)22-9-8-21-25(28-22)29-27(32-11-13-36-16-18(32)3)30-26(21)31-10-12-35-15-17(31)2/h6-9,14,17-18H,5,10-13,15-16H2,1-4H3/t17-,18-/m0/s1. The lowest BCUT2D eigenvalue weighted by Gasteiger charge is -2.37. The van der Waals surface area contributed by atoms with Gasteiger partial charge in [-0.3, -0.25) is 4.79 Å². The number of nitrogens with zero attached hydrogens (tertiary/aromatic N) is 5. The predicted molar refractivity (Wildman–Crippen MR) is 139 cm³/mol. The van der Waals surface area contributed by atoms with E-state index in [1.807, 2.05) is 37.3 Å². The van der Waals surface area contributed by atoms with Crippen LogP contribution in [0.25, 0.3) is 22.3 Å². The molecule has 0 bridgehead atoms. The Bertz CT molecular complexity index is 1270. The number of ether oxygens (including phenoxy) is 3. The molecule has 190 valence electrons. The monoisotopic (exact) mass is 491 g/mol. The van der Waals surface area contributed by atoms with Crippen LogP contribution in [-0.4, -0.2) is 79.4 Å². The third-order valence-electron chi connectivity index (χ3n) is 6.91. The molecule has 0 N–H and O–H groups in total. The van der Waals surface area contributed by atoms with Crippen molar-refractivity contribution in [3.63, 3.8) is 0 Å². The lowest BCUT2D eigenvalue weighted by Crippen LogP contribution is -2.46. The van der Waals surface area contributed by atoms with E-state index < -0.39 is 0 Å². The van der Waals surface area contributed by atoms with E-state index in [2.05, 4.69) is 23.6 Å². The van der Waals surface area contributed by atoms with Crippen LogP contribution in [-0.2, 0) is 9.47 Å². The fraction of sp³-hybridized carbons (Fsp3) is 0.481. The molecule has 2 aliphatic heterocycles. The molecule has 5 rings (SSSR count). The van der Waals surface area contributed by atoms with Crippen molar-refractivity contribution in [3.05, 3.63) is 35.9 Å². The third-order valence-corrected chi connectivity index (χ3v) is 6.91. The highest BCUT2D eigenvalue weighted by molar-refractivity contribution is 5.99. The number of Topliss-reactive ketones (excluding diaryl/α,β-unsaturated/α-hetero) is 1. The highest BCUT2D eigenvalue weighted by atomic mass is 16.5. The van der Waals surface area contributed by atoms with E-state index >= 15 is 0 Å². The van der Waals surface area contributed by atoms with Gasteiger partial charge in [-0.05, 0) is 38.1 Å². The molecule has 36 heavy (non-hydrogen) atoms. The first-order chi connectivity index (χ1) is 17.5. The van der Waals surface area contributed by atoms with Gasteiger partial charge in [-0.1, -0.05) is 13.0 Å². The zero-order valence-electron chi connectivity index (χ0n) is 21.4. The van der Waals surface area contributed by atoms with Gasteiger partial charge >= 0.3 is 0 Å². The molecule has 9 heteroatoms. The largest absolute Gasteiger partial charge is 0.496 e. The molecule has 2 atom stereocenters. The van der Waals surface area contributed by atoms with Crippen LogP contribution in [0.5, 0.6) is 5.75 Å². The maximum absolute atomic E-state index is 12.3. The molecule has 0 amide bonds. The van der Waals surface area contributed by atoms with Gasteiger partial charge in [0.25, 0.3) is 0 Å². The zero-order valence-corrected chi connectivity index (χ0v) is 21.4. The first-order valence-corrected chi connectivity index (χ1v) is 12.6. The number of carbonyl (C=O) groups excluding carboxylic acids is 1. The summed E-state index contributed by atoms with van der Waals surface area (Å²) in [7, 11) is 1.58. The van der Waals surface area contributed by atoms with Crippen LogP contribution in [0.4, 0.5) is 11.8 Å². The van der Waals surface area contributed by atoms with Crippen molar-refractivity contribution < 1.29 is 19.0 Å². The molecule has 9 nitrogen and oxygen atoms in total. The van der Waals surface area contributed by atoms with E-state index in [0.717, 1.165) is 35.6 Å². The Morgan fingerprint density at radius 3 is 2.39 bits per heavy atom. The molecule has 2 aromatic heterocycles. The summed E-state index contributed by atoms with van der Waals surface area (Å²) < 4.78 is 16.8. The number of ketones is 1. The predicted octanol–water partition coefficient (Wildman–Crippen LogP) is 3.74. The molecular weight excluding hydrogens is 458 g/mol. The third kappa shape index (κ3) is 4.60. The molecule has 0 unspecified atom stereocenters. The summed E-state index contributed by atoms with van der Waals surface area (Å²) in [5.74, 6) is 2.14. The van der Waals surface area contributed by atoms with Gasteiger partial charge in [-0.15, -0.1) is 0 Å². The molecular formula is C27H33N5O4. The van der Waals surface area contributed by atoms with Gasteiger partial charge < -0.3 is 24.0 Å². The van der Waals surface area contributed by atoms with Crippen molar-refractivity contribution in [2.75, 3.05) is 56.4 Å². The molecule has 0 spiro atoms. The fourth-order valence-electron chi connectivity index (χ4n) is 4.83. The number of methoxy groups -OCH3 is 1. The molecule has 0 saturated carbocycles. The van der Waals surface area contributed by atoms with Crippen LogP contribution >= 0.6 is 0 Å². The first kappa shape index (κ1) is 24.4. The molecule has 2 saturated heterocycles. The highest BCUT2D eigenvalue weighted by Gasteiger charge is 2.27. The van der Waals surface area contributed by atoms with Crippen molar-refractivity contribution in [2.24, 2.45) is 0 Å². The molecule has 2 aliphatic rings. The van der Waals surface area contributed by atoms with E-state index in [-0.39, 0.29) is 17.9 Å². The quantitative estimate of drug-likeness (QED) is 0.478. The Labute approximate surface area is 211 Å². The van der Waals surface area contributed by atoms with Gasteiger partial charge in [0.15, 0.2) is 11.4 Å². The van der Waals surface area contributed by atoms with E-state index in [0.29, 0.717) is 55.8 Å². The minimum Gasteiger partial charge on any atom is -0.496 e. The minimum atomic E-state index is 0.0474. The molecule has 2 fully saturated rings. The average molecular weight is 492 g/mol. The number of morpholine rings is 2. The van der Waals surface area contributed by atoms with Crippen LogP contribution < -0.4 is 14.5 Å². The summed E-state index contributed by atoms with van der Waals surface area (Å²) >= 11 is 0. The SMILES string of the molecule is CCC(=O)c1ccc(-c2ccc3c(N4CCOC[C@@H]4C)nc(N4CCOC[C@@H]4C)nc3n2)cc1OC. The number of pyridine rings is 1. The summed E-state index contributed by atoms with van der Waals surface area (Å²) in [5, 5.41) is 0.905. The summed E-state index contributed by atoms with van der Waals surface area (Å²) in [6.07, 6.45) is 0.423. The zero-order chi connectivity index (χ0) is 25.2. The number of hydrogen-bond donors (Lipinski definition) is 0. The van der Waals surface area contributed by atoms with Crippen molar-refractivity contribution in [3.8, 4) is 17.0 Å². The number of benzene rings is 1. The summed E-state index contributed by atoms with van der Waals surface area (Å²) in [6, 6.07) is 9.98. The maximum Gasteiger partial charge on any atom is 0.229 e. The summed E-state index contributed by atoms with van der Waals surface area (Å²) in [4.78, 5) is 31.7. The second-order valence-electron chi connectivity index (χ2n) is 9.34. The van der Waals surface area contributed by atoms with Crippen molar-refractivity contribution in [2.45, 2.75) is 39.3 Å². The van der Waals surface area contributed by atoms with Crippen LogP contribution in [0.15, 0.2) is 30.3 Å². The van der Waals surface area contributed by atoms with E-state index in [9.17, 15) is 4.79 Å². The lowest BCUT2D eigenvalue weighted by atomic mass is 10.0. The molecule has 0 aliphatic carbocycles. The second-order valence-corrected chi connectivity index (χ2v) is 9.34. The van der Waals surface area contributed by atoms with Crippen LogP contribution in [0.3, 0.4) is 0 Å².